The minimum atomic E-state index is -0.725. The van der Waals surface area contributed by atoms with Crippen LogP contribution in [0, 0.1) is 0 Å². The fourth-order valence-electron chi connectivity index (χ4n) is 3.37. The molecule has 0 spiro atoms. The van der Waals surface area contributed by atoms with Crippen molar-refractivity contribution in [3.63, 3.8) is 0 Å². The lowest BCUT2D eigenvalue weighted by molar-refractivity contribution is -0.121. The zero-order valence-electron chi connectivity index (χ0n) is 15.9. The lowest BCUT2D eigenvalue weighted by Gasteiger charge is -2.26. The van der Waals surface area contributed by atoms with E-state index < -0.39 is 6.04 Å². The second kappa shape index (κ2) is 9.97. The number of amides is 2. The molecule has 0 aliphatic carbocycles. The molecule has 0 bridgehead atoms. The van der Waals surface area contributed by atoms with Gasteiger partial charge in [0.2, 0.25) is 5.91 Å². The molecule has 1 aliphatic heterocycles. The molecular weight excluding hydrogens is 346 g/mol. The molecule has 2 amide bonds. The largest absolute Gasteiger partial charge is 0.359 e. The smallest absolute Gasteiger partial charge is 0.254 e. The summed E-state index contributed by atoms with van der Waals surface area (Å²) in [6.07, 6.45) is 3.66. The van der Waals surface area contributed by atoms with E-state index in [1.54, 1.807) is 12.1 Å². The number of hydrogen-bond donors (Lipinski definition) is 2. The average Bonchev–Trinajstić information content (AvgIpc) is 2.73. The molecule has 0 saturated carbocycles. The molecule has 2 rings (SSSR count). The SMILES string of the molecule is CNC(=O)CCC(C=O)N(C)C(=O)c1cc(C2CCNCC2)ccc1C=O. The van der Waals surface area contributed by atoms with Crippen molar-refractivity contribution in [3.8, 4) is 0 Å². The third-order valence-electron chi connectivity index (χ3n) is 5.17. The number of carbonyl (C=O) groups excluding carboxylic acids is 4. The van der Waals surface area contributed by atoms with Crippen molar-refractivity contribution in [2.24, 2.45) is 0 Å². The molecule has 1 atom stereocenters. The van der Waals surface area contributed by atoms with E-state index in [1.165, 1.54) is 19.0 Å². The van der Waals surface area contributed by atoms with Crippen LogP contribution in [0.15, 0.2) is 18.2 Å². The molecule has 146 valence electrons. The number of piperidine rings is 1. The average molecular weight is 373 g/mol. The molecule has 1 heterocycles. The van der Waals surface area contributed by atoms with Gasteiger partial charge < -0.3 is 20.3 Å². The molecule has 1 aliphatic rings. The summed E-state index contributed by atoms with van der Waals surface area (Å²) in [6.45, 7) is 1.85. The van der Waals surface area contributed by atoms with Crippen molar-refractivity contribution in [1.29, 1.82) is 0 Å². The van der Waals surface area contributed by atoms with Gasteiger partial charge in [-0.1, -0.05) is 12.1 Å². The third-order valence-corrected chi connectivity index (χ3v) is 5.17. The molecule has 7 nitrogen and oxygen atoms in total. The van der Waals surface area contributed by atoms with Crippen LogP contribution >= 0.6 is 0 Å². The maximum absolute atomic E-state index is 13.0. The maximum atomic E-state index is 13.0. The highest BCUT2D eigenvalue weighted by molar-refractivity contribution is 6.02. The molecule has 1 aromatic rings. The van der Waals surface area contributed by atoms with E-state index in [4.69, 9.17) is 0 Å². The van der Waals surface area contributed by atoms with Crippen molar-refractivity contribution >= 4 is 24.4 Å². The highest BCUT2D eigenvalue weighted by Crippen LogP contribution is 2.27. The summed E-state index contributed by atoms with van der Waals surface area (Å²) in [7, 11) is 3.05. The Morgan fingerprint density at radius 2 is 2.00 bits per heavy atom. The Labute approximate surface area is 159 Å². The van der Waals surface area contributed by atoms with Gasteiger partial charge in [0.05, 0.1) is 11.6 Å². The van der Waals surface area contributed by atoms with Gasteiger partial charge >= 0.3 is 0 Å². The quantitative estimate of drug-likeness (QED) is 0.666. The number of nitrogens with zero attached hydrogens (tertiary/aromatic N) is 1. The van der Waals surface area contributed by atoms with E-state index in [1.807, 2.05) is 6.07 Å². The summed E-state index contributed by atoms with van der Waals surface area (Å²) in [5.41, 5.74) is 1.64. The fraction of sp³-hybridized carbons (Fsp3) is 0.500. The normalized spacial score (nSPS) is 15.6. The summed E-state index contributed by atoms with van der Waals surface area (Å²) >= 11 is 0. The van der Waals surface area contributed by atoms with Gasteiger partial charge in [0.25, 0.3) is 5.91 Å². The molecule has 0 aromatic heterocycles. The Balaban J connectivity index is 2.22. The van der Waals surface area contributed by atoms with Gasteiger partial charge in [0, 0.05) is 26.1 Å². The van der Waals surface area contributed by atoms with Crippen LogP contribution in [0.25, 0.3) is 0 Å². The van der Waals surface area contributed by atoms with E-state index in [9.17, 15) is 19.2 Å². The Morgan fingerprint density at radius 3 is 2.59 bits per heavy atom. The number of rotatable bonds is 8. The Morgan fingerprint density at radius 1 is 1.30 bits per heavy atom. The van der Waals surface area contributed by atoms with Crippen molar-refractivity contribution in [2.45, 2.75) is 37.6 Å². The first kappa shape index (κ1) is 20.8. The number of carbonyl (C=O) groups is 4. The van der Waals surface area contributed by atoms with E-state index in [2.05, 4.69) is 10.6 Å². The molecule has 7 heteroatoms. The van der Waals surface area contributed by atoms with Crippen molar-refractivity contribution < 1.29 is 19.2 Å². The van der Waals surface area contributed by atoms with Gasteiger partial charge in [-0.15, -0.1) is 0 Å². The molecule has 1 aromatic carbocycles. The highest BCUT2D eigenvalue weighted by Gasteiger charge is 2.25. The number of hydrogen-bond acceptors (Lipinski definition) is 5. The van der Waals surface area contributed by atoms with Crippen LogP contribution < -0.4 is 10.6 Å². The Kier molecular flexibility index (Phi) is 7.67. The van der Waals surface area contributed by atoms with Gasteiger partial charge in [-0.3, -0.25) is 14.4 Å². The van der Waals surface area contributed by atoms with Gasteiger partial charge in [-0.2, -0.15) is 0 Å². The minimum Gasteiger partial charge on any atom is -0.359 e. The van der Waals surface area contributed by atoms with Crippen LogP contribution in [0.1, 0.15) is 57.9 Å². The number of aldehydes is 2. The first-order chi connectivity index (χ1) is 13.0. The van der Waals surface area contributed by atoms with Crippen molar-refractivity contribution in [2.75, 3.05) is 27.2 Å². The monoisotopic (exact) mass is 373 g/mol. The van der Waals surface area contributed by atoms with E-state index in [-0.39, 0.29) is 24.7 Å². The first-order valence-corrected chi connectivity index (χ1v) is 9.24. The van der Waals surface area contributed by atoms with Gasteiger partial charge in [0.15, 0.2) is 6.29 Å². The van der Waals surface area contributed by atoms with Crippen molar-refractivity contribution in [3.05, 3.63) is 34.9 Å². The molecule has 0 radical (unpaired) electrons. The first-order valence-electron chi connectivity index (χ1n) is 9.24. The molecular formula is C20H27N3O4. The van der Waals surface area contributed by atoms with Gasteiger partial charge in [-0.05, 0) is 49.9 Å². The van der Waals surface area contributed by atoms with Crippen LogP contribution in [0.5, 0.6) is 0 Å². The van der Waals surface area contributed by atoms with Crippen molar-refractivity contribution in [1.82, 2.24) is 15.5 Å². The zero-order valence-corrected chi connectivity index (χ0v) is 15.9. The second-order valence-corrected chi connectivity index (χ2v) is 6.82. The zero-order chi connectivity index (χ0) is 19.8. The van der Waals surface area contributed by atoms with E-state index in [0.29, 0.717) is 29.6 Å². The number of benzene rings is 1. The lowest BCUT2D eigenvalue weighted by atomic mass is 9.88. The predicted octanol–water partition coefficient (Wildman–Crippen LogP) is 1.13. The van der Waals surface area contributed by atoms with Gasteiger partial charge in [0.1, 0.15) is 6.29 Å². The molecule has 1 fully saturated rings. The van der Waals surface area contributed by atoms with Crippen LogP contribution in [0.3, 0.4) is 0 Å². The molecule has 1 saturated heterocycles. The van der Waals surface area contributed by atoms with Crippen LogP contribution in [-0.4, -0.2) is 62.5 Å². The van der Waals surface area contributed by atoms with Crippen LogP contribution in [0.2, 0.25) is 0 Å². The number of nitrogens with one attached hydrogen (secondary N) is 2. The minimum absolute atomic E-state index is 0.146. The topological polar surface area (TPSA) is 95.6 Å². The third kappa shape index (κ3) is 5.23. The summed E-state index contributed by atoms with van der Waals surface area (Å²) in [6, 6.07) is 4.63. The van der Waals surface area contributed by atoms with E-state index >= 15 is 0 Å². The standard InChI is InChI=1S/C20H27N3O4/c1-21-19(26)6-5-17(13-25)23(2)20(27)18-11-15(3-4-16(18)12-24)14-7-9-22-10-8-14/h3-4,11-14,17,22H,5-10H2,1-2H3,(H,21,26). The molecule has 27 heavy (non-hydrogen) atoms. The van der Waals surface area contributed by atoms with Gasteiger partial charge in [-0.25, -0.2) is 0 Å². The summed E-state index contributed by atoms with van der Waals surface area (Å²) in [5.74, 6) is -0.231. The highest BCUT2D eigenvalue weighted by atomic mass is 16.2. The molecule has 2 N–H and O–H groups in total. The van der Waals surface area contributed by atoms with E-state index in [0.717, 1.165) is 31.5 Å². The second-order valence-electron chi connectivity index (χ2n) is 6.82. The van der Waals surface area contributed by atoms with Crippen LogP contribution in [-0.2, 0) is 9.59 Å². The maximum Gasteiger partial charge on any atom is 0.254 e. The fourth-order valence-corrected chi connectivity index (χ4v) is 3.37. The summed E-state index contributed by atoms with van der Waals surface area (Å²) in [5, 5.41) is 5.81. The summed E-state index contributed by atoms with van der Waals surface area (Å²) < 4.78 is 0. The number of likely N-dealkylation sites (N-methyl/N-ethyl adjacent to an activating group) is 1. The lowest BCUT2D eigenvalue weighted by Crippen LogP contribution is -2.39. The molecule has 1 unspecified atom stereocenters. The summed E-state index contributed by atoms with van der Waals surface area (Å²) in [4.78, 5) is 48.6. The Hall–Kier alpha value is -2.54. The predicted molar refractivity (Wildman–Crippen MR) is 102 cm³/mol. The van der Waals surface area contributed by atoms with Crippen LogP contribution in [0.4, 0.5) is 0 Å². The Bertz CT molecular complexity index is 698.